The van der Waals surface area contributed by atoms with Crippen LogP contribution in [0, 0.1) is 17.8 Å². The van der Waals surface area contributed by atoms with Gasteiger partial charge in [-0.25, -0.2) is 4.79 Å². The van der Waals surface area contributed by atoms with E-state index >= 15 is 0 Å². The molecule has 0 aromatic carbocycles. The maximum absolute atomic E-state index is 13.5. The summed E-state index contributed by atoms with van der Waals surface area (Å²) in [5.41, 5.74) is 6.89. The number of Topliss-reactive ketones (excluding diaryl/α,β-unsaturated/α-hetero) is 1. The van der Waals surface area contributed by atoms with E-state index in [-0.39, 0.29) is 47.1 Å². The molecule has 4 aliphatic rings. The molecule has 2 aliphatic heterocycles. The first kappa shape index (κ1) is 32.2. The van der Waals surface area contributed by atoms with Crippen LogP contribution >= 0.6 is 0 Å². The lowest BCUT2D eigenvalue weighted by atomic mass is 9.69. The zero-order valence-electron chi connectivity index (χ0n) is 24.7. The van der Waals surface area contributed by atoms with Gasteiger partial charge in [-0.3, -0.25) is 14.4 Å². The Morgan fingerprint density at radius 3 is 2.49 bits per heavy atom. The van der Waals surface area contributed by atoms with Crippen molar-refractivity contribution in [1.82, 2.24) is 10.6 Å². The van der Waals surface area contributed by atoms with Gasteiger partial charge in [0.15, 0.2) is 0 Å². The third-order valence-electron chi connectivity index (χ3n) is 8.05. The first-order valence-corrected chi connectivity index (χ1v) is 14.1. The number of rotatable bonds is 5. The summed E-state index contributed by atoms with van der Waals surface area (Å²) in [6, 6.07) is 0. The van der Waals surface area contributed by atoms with E-state index in [0.717, 1.165) is 6.08 Å². The number of carbonyl (C=O) groups excluding carboxylic acids is 4. The Balaban J connectivity index is 2.02. The smallest absolute Gasteiger partial charge is 0.405 e. The Labute approximate surface area is 241 Å². The summed E-state index contributed by atoms with van der Waals surface area (Å²) in [4.78, 5) is 51.2. The molecule has 0 saturated heterocycles. The number of hydrogen-bond acceptors (Lipinski definition) is 9. The molecule has 0 spiro atoms. The highest BCUT2D eigenvalue weighted by Crippen LogP contribution is 2.43. The number of aliphatic hydroxyl groups excluding tert-OH is 1. The summed E-state index contributed by atoms with van der Waals surface area (Å²) in [7, 11) is 3.08. The molecule has 4 rings (SSSR count). The summed E-state index contributed by atoms with van der Waals surface area (Å²) in [6.45, 7) is 7.66. The molecule has 1 fully saturated rings. The fraction of sp³-hybridized carbons (Fsp3) is 0.600. The van der Waals surface area contributed by atoms with Gasteiger partial charge < -0.3 is 35.7 Å². The van der Waals surface area contributed by atoms with Crippen LogP contribution in [-0.2, 0) is 28.6 Å². The van der Waals surface area contributed by atoms with Crippen molar-refractivity contribution in [1.29, 1.82) is 0 Å². The molecule has 4 bridgehead atoms. The van der Waals surface area contributed by atoms with Gasteiger partial charge in [-0.15, -0.1) is 0 Å². The van der Waals surface area contributed by atoms with E-state index in [2.05, 4.69) is 10.6 Å². The molecule has 226 valence electrons. The number of nitrogens with one attached hydrogen (secondary N) is 2. The molecule has 11 heteroatoms. The van der Waals surface area contributed by atoms with Crippen LogP contribution in [0.25, 0.3) is 0 Å². The molecule has 41 heavy (non-hydrogen) atoms. The van der Waals surface area contributed by atoms with E-state index in [1.54, 1.807) is 20.1 Å². The summed E-state index contributed by atoms with van der Waals surface area (Å²) in [6.07, 6.45) is 2.92. The van der Waals surface area contributed by atoms with Crippen molar-refractivity contribution in [3.8, 4) is 0 Å². The van der Waals surface area contributed by atoms with Crippen LogP contribution in [0.2, 0.25) is 0 Å². The van der Waals surface area contributed by atoms with Crippen molar-refractivity contribution in [3.05, 3.63) is 46.3 Å². The molecule has 2 heterocycles. The first-order valence-electron chi connectivity index (χ1n) is 14.1. The molecular weight excluding hydrogens is 530 g/mol. The number of hydrogen-bond donors (Lipinski definition) is 4. The fourth-order valence-electron chi connectivity index (χ4n) is 5.88. The molecule has 7 atom stereocenters. The molecule has 0 radical (unpaired) electrons. The van der Waals surface area contributed by atoms with Gasteiger partial charge in [0.25, 0.3) is 5.91 Å². The van der Waals surface area contributed by atoms with Gasteiger partial charge in [-0.2, -0.15) is 0 Å². The van der Waals surface area contributed by atoms with Crippen molar-refractivity contribution >= 4 is 23.6 Å². The van der Waals surface area contributed by atoms with Crippen molar-refractivity contribution in [2.45, 2.75) is 77.8 Å². The van der Waals surface area contributed by atoms with Crippen molar-refractivity contribution in [2.24, 2.45) is 23.5 Å². The number of carbonyl (C=O) groups is 4. The maximum Gasteiger partial charge on any atom is 0.405 e. The van der Waals surface area contributed by atoms with Gasteiger partial charge in [0, 0.05) is 49.8 Å². The molecule has 0 aromatic heterocycles. The second kappa shape index (κ2) is 14.1. The number of aliphatic hydroxyl groups is 1. The highest BCUT2D eigenvalue weighted by atomic mass is 16.6. The van der Waals surface area contributed by atoms with Crippen molar-refractivity contribution in [3.63, 3.8) is 0 Å². The van der Waals surface area contributed by atoms with E-state index in [9.17, 15) is 24.3 Å². The molecule has 2 aliphatic carbocycles. The predicted molar refractivity (Wildman–Crippen MR) is 151 cm³/mol. The zero-order chi connectivity index (χ0) is 30.4. The second-order valence-electron chi connectivity index (χ2n) is 11.1. The normalized spacial score (nSPS) is 34.4. The van der Waals surface area contributed by atoms with Crippen LogP contribution in [0.15, 0.2) is 46.3 Å². The quantitative estimate of drug-likeness (QED) is 0.285. The number of primary amides is 1. The summed E-state index contributed by atoms with van der Waals surface area (Å²) in [5.74, 6) is -2.07. The molecule has 2 amide bonds. The lowest BCUT2D eigenvalue weighted by Crippen LogP contribution is -2.53. The van der Waals surface area contributed by atoms with Gasteiger partial charge in [0.05, 0.1) is 29.7 Å². The third kappa shape index (κ3) is 7.33. The first-order chi connectivity index (χ1) is 19.4. The molecular formula is C30H43N3O8. The average molecular weight is 574 g/mol. The Morgan fingerprint density at radius 1 is 1.17 bits per heavy atom. The molecule has 1 unspecified atom stereocenters. The highest BCUT2D eigenvalue weighted by molar-refractivity contribution is 6.23. The van der Waals surface area contributed by atoms with Crippen molar-refractivity contribution < 1.29 is 38.5 Å². The topological polar surface area (TPSA) is 166 Å². The lowest BCUT2D eigenvalue weighted by molar-refractivity contribution is -0.120. The lowest BCUT2D eigenvalue weighted by Gasteiger charge is -2.46. The molecule has 11 nitrogen and oxygen atoms in total. The summed E-state index contributed by atoms with van der Waals surface area (Å²) < 4.78 is 16.8. The minimum atomic E-state index is -0.922. The zero-order valence-corrected chi connectivity index (χ0v) is 24.7. The van der Waals surface area contributed by atoms with Gasteiger partial charge >= 0.3 is 6.09 Å². The average Bonchev–Trinajstić information content (AvgIpc) is 2.92. The maximum atomic E-state index is 13.5. The summed E-state index contributed by atoms with van der Waals surface area (Å²) in [5, 5.41) is 16.9. The van der Waals surface area contributed by atoms with Gasteiger partial charge in [-0.05, 0) is 51.0 Å². The van der Waals surface area contributed by atoms with Gasteiger partial charge in [-0.1, -0.05) is 26.0 Å². The SMILES string of the molecule is CCNC1=C2C[C@@H](C)C[C@H](OC)[C@H](O)[C@@H](C)/C=C3\C(OC)[C@@H](CC/C=C(\C)C(=O)NC(=CC1=O)C2=O)[C@H]3OC(N)=O. The molecule has 0 aromatic rings. The molecule has 5 N–H and O–H groups in total. The Bertz CT molecular complexity index is 1170. The largest absolute Gasteiger partial charge is 0.441 e. The number of amides is 2. The van der Waals surface area contributed by atoms with E-state index in [1.165, 1.54) is 7.11 Å². The fourth-order valence-corrected chi connectivity index (χ4v) is 5.88. The van der Waals surface area contributed by atoms with Crippen LogP contribution in [0.5, 0.6) is 0 Å². The number of ether oxygens (including phenoxy) is 3. The predicted octanol–water partition coefficient (Wildman–Crippen LogP) is 2.21. The number of nitrogens with two attached hydrogens (primary N) is 1. The number of likely N-dealkylation sites (N-methyl/N-ethyl adjacent to an activating group) is 1. The Kier molecular flexibility index (Phi) is 11.1. The number of fused-ring (bicyclic) bond motifs is 10. The monoisotopic (exact) mass is 573 g/mol. The van der Waals surface area contributed by atoms with E-state index in [4.69, 9.17) is 19.9 Å². The third-order valence-corrected chi connectivity index (χ3v) is 8.05. The van der Waals surface area contributed by atoms with Crippen LogP contribution in [0.3, 0.4) is 0 Å². The minimum absolute atomic E-state index is 0.0753. The van der Waals surface area contributed by atoms with E-state index < -0.39 is 42.0 Å². The van der Waals surface area contributed by atoms with Gasteiger partial charge in [0.2, 0.25) is 11.6 Å². The standard InChI is InChI=1S/C30H43N3O8/c1-7-32-24-19-11-15(2)12-23(39-5)25(35)17(4)13-20-27(40-6)18(28(20)41-30(31)38)10-8-9-16(3)29(37)33-21(26(19)36)14-22(24)34/h9,13-15,17-18,23,25,27-28,32,35H,7-8,10-12H2,1-6H3,(H2,31,38)(H,33,37)/b16-9+,20-13+/t15-,17+,18-,23+,25-,27?,28-/m1/s1. The summed E-state index contributed by atoms with van der Waals surface area (Å²) >= 11 is 0. The van der Waals surface area contributed by atoms with Crippen LogP contribution in [0.4, 0.5) is 4.79 Å². The number of ketones is 2. The molecule has 1 saturated carbocycles. The number of methoxy groups -OCH3 is 2. The van der Waals surface area contributed by atoms with Gasteiger partial charge in [0.1, 0.15) is 6.10 Å². The highest BCUT2D eigenvalue weighted by Gasteiger charge is 2.48. The number of allylic oxidation sites excluding steroid dienone is 3. The van der Waals surface area contributed by atoms with E-state index in [0.29, 0.717) is 37.0 Å². The second-order valence-corrected chi connectivity index (χ2v) is 11.1. The van der Waals surface area contributed by atoms with E-state index in [1.807, 2.05) is 26.8 Å². The Hall–Kier alpha value is -3.28. The van der Waals surface area contributed by atoms with Crippen LogP contribution in [-0.4, -0.2) is 73.9 Å². The van der Waals surface area contributed by atoms with Crippen molar-refractivity contribution in [2.75, 3.05) is 20.8 Å². The van der Waals surface area contributed by atoms with Crippen LogP contribution in [0.1, 0.15) is 53.4 Å². The minimum Gasteiger partial charge on any atom is -0.441 e. The Morgan fingerprint density at radius 2 is 1.88 bits per heavy atom. The van der Waals surface area contributed by atoms with Crippen LogP contribution < -0.4 is 16.4 Å².